The van der Waals surface area contributed by atoms with Gasteiger partial charge in [0.2, 0.25) is 0 Å². The number of hydrogen-bond acceptors (Lipinski definition) is 2. The number of hydrogen-bond donors (Lipinski definition) is 0. The van der Waals surface area contributed by atoms with Crippen LogP contribution in [0.3, 0.4) is 0 Å². The molecule has 0 bridgehead atoms. The fourth-order valence-corrected chi connectivity index (χ4v) is 3.94. The second-order valence-electron chi connectivity index (χ2n) is 8.01. The minimum atomic E-state index is 0.0666. The molecule has 0 heterocycles. The zero-order valence-electron chi connectivity index (χ0n) is 17.7. The van der Waals surface area contributed by atoms with Gasteiger partial charge in [0.05, 0.1) is 6.04 Å². The third kappa shape index (κ3) is 15.6. The van der Waals surface area contributed by atoms with Gasteiger partial charge in [-0.3, -0.25) is 0 Å². The van der Waals surface area contributed by atoms with E-state index in [0.717, 1.165) is 19.3 Å². The second kappa shape index (κ2) is 19.9. The molecule has 0 saturated carbocycles. The number of unbranched alkanes of at least 4 members (excludes halogenated alkanes) is 13. The molecular weight excluding hydrogens is 306 g/mol. The van der Waals surface area contributed by atoms with Gasteiger partial charge in [0, 0.05) is 0 Å². The SMILES string of the molecule is CCCCCCCCCCCCCCCCC(CC)C(CCC)N=O. The lowest BCUT2D eigenvalue weighted by Crippen LogP contribution is -2.17. The summed E-state index contributed by atoms with van der Waals surface area (Å²) in [7, 11) is 0. The summed E-state index contributed by atoms with van der Waals surface area (Å²) < 4.78 is 0. The van der Waals surface area contributed by atoms with Crippen molar-refractivity contribution in [2.45, 2.75) is 142 Å². The zero-order chi connectivity index (χ0) is 18.6. The molecule has 2 unspecified atom stereocenters. The highest BCUT2D eigenvalue weighted by Crippen LogP contribution is 2.23. The molecule has 0 N–H and O–H groups in total. The summed E-state index contributed by atoms with van der Waals surface area (Å²) in [5.74, 6) is 0.523. The van der Waals surface area contributed by atoms with Crippen LogP contribution in [0.25, 0.3) is 0 Å². The summed E-state index contributed by atoms with van der Waals surface area (Å²) in [6, 6.07) is 0.0666. The number of nitrogens with zero attached hydrogens (tertiary/aromatic N) is 1. The average molecular weight is 354 g/mol. The molecule has 2 nitrogen and oxygen atoms in total. The van der Waals surface area contributed by atoms with E-state index in [0.29, 0.717) is 5.92 Å². The molecule has 0 aliphatic carbocycles. The van der Waals surface area contributed by atoms with E-state index in [1.54, 1.807) is 0 Å². The summed E-state index contributed by atoms with van der Waals surface area (Å²) in [4.78, 5) is 11.0. The molecule has 0 aromatic heterocycles. The van der Waals surface area contributed by atoms with Crippen LogP contribution in [0.4, 0.5) is 0 Å². The molecule has 0 spiro atoms. The molecule has 0 saturated heterocycles. The van der Waals surface area contributed by atoms with Crippen LogP contribution >= 0.6 is 0 Å². The van der Waals surface area contributed by atoms with Crippen molar-refractivity contribution in [3.63, 3.8) is 0 Å². The van der Waals surface area contributed by atoms with Crippen molar-refractivity contribution >= 4 is 0 Å². The fraction of sp³-hybridized carbons (Fsp3) is 1.00. The summed E-state index contributed by atoms with van der Waals surface area (Å²) in [5, 5.41) is 3.38. The van der Waals surface area contributed by atoms with Crippen LogP contribution in [-0.2, 0) is 0 Å². The number of rotatable bonds is 20. The van der Waals surface area contributed by atoms with Crippen LogP contribution in [0, 0.1) is 10.8 Å². The predicted octanol–water partition coefficient (Wildman–Crippen LogP) is 8.82. The molecule has 150 valence electrons. The Balaban J connectivity index is 3.36. The largest absolute Gasteiger partial charge is 0.151 e. The normalized spacial score (nSPS) is 13.7. The van der Waals surface area contributed by atoms with Crippen molar-refractivity contribution in [3.05, 3.63) is 4.91 Å². The molecule has 0 amide bonds. The van der Waals surface area contributed by atoms with Gasteiger partial charge in [-0.1, -0.05) is 129 Å². The van der Waals surface area contributed by atoms with Crippen molar-refractivity contribution in [2.75, 3.05) is 0 Å². The molecule has 25 heavy (non-hydrogen) atoms. The van der Waals surface area contributed by atoms with E-state index in [-0.39, 0.29) is 6.04 Å². The van der Waals surface area contributed by atoms with Crippen LogP contribution in [-0.4, -0.2) is 6.04 Å². The van der Waals surface area contributed by atoms with Crippen molar-refractivity contribution in [1.82, 2.24) is 0 Å². The van der Waals surface area contributed by atoms with Gasteiger partial charge in [-0.25, -0.2) is 0 Å². The van der Waals surface area contributed by atoms with Gasteiger partial charge in [-0.05, 0) is 18.8 Å². The van der Waals surface area contributed by atoms with Gasteiger partial charge in [-0.15, -0.1) is 0 Å². The summed E-state index contributed by atoms with van der Waals surface area (Å²) in [6.07, 6.45) is 24.1. The fourth-order valence-electron chi connectivity index (χ4n) is 3.94. The maximum atomic E-state index is 11.0. The molecule has 0 radical (unpaired) electrons. The highest BCUT2D eigenvalue weighted by Gasteiger charge is 2.19. The van der Waals surface area contributed by atoms with Gasteiger partial charge < -0.3 is 0 Å². The Morgan fingerprint density at radius 3 is 1.36 bits per heavy atom. The van der Waals surface area contributed by atoms with Crippen LogP contribution in [0.1, 0.15) is 136 Å². The average Bonchev–Trinajstić information content (AvgIpc) is 2.63. The summed E-state index contributed by atoms with van der Waals surface area (Å²) in [5.41, 5.74) is 0. The third-order valence-corrected chi connectivity index (χ3v) is 5.72. The van der Waals surface area contributed by atoms with Gasteiger partial charge in [0.1, 0.15) is 0 Å². The zero-order valence-corrected chi connectivity index (χ0v) is 17.7. The first kappa shape index (κ1) is 24.6. The van der Waals surface area contributed by atoms with Crippen molar-refractivity contribution in [3.8, 4) is 0 Å². The minimum Gasteiger partial charge on any atom is -0.151 e. The maximum Gasteiger partial charge on any atom is 0.0947 e. The van der Waals surface area contributed by atoms with Crippen LogP contribution in [0.5, 0.6) is 0 Å². The molecule has 0 rings (SSSR count). The molecule has 0 aliphatic heterocycles. The van der Waals surface area contributed by atoms with Crippen LogP contribution < -0.4 is 0 Å². The lowest BCUT2D eigenvalue weighted by atomic mass is 9.89. The first-order valence-electron chi connectivity index (χ1n) is 11.6. The van der Waals surface area contributed by atoms with Crippen molar-refractivity contribution in [2.24, 2.45) is 11.1 Å². The molecule has 2 atom stereocenters. The predicted molar refractivity (Wildman–Crippen MR) is 113 cm³/mol. The maximum absolute atomic E-state index is 11.0. The molecule has 2 heteroatoms. The molecule has 0 aromatic rings. The Labute approximate surface area is 158 Å². The summed E-state index contributed by atoms with van der Waals surface area (Å²) in [6.45, 7) is 6.65. The Kier molecular flexibility index (Phi) is 19.6. The Bertz CT molecular complexity index is 267. The lowest BCUT2D eigenvalue weighted by molar-refractivity contribution is 0.349. The van der Waals surface area contributed by atoms with E-state index in [4.69, 9.17) is 0 Å². The smallest absolute Gasteiger partial charge is 0.0947 e. The standard InChI is InChI=1S/C23H47NO/c1-4-7-8-9-10-11-12-13-14-15-16-17-18-19-21-22(6-3)23(24-25)20-5-2/h22-23H,4-21H2,1-3H3. The van der Waals surface area contributed by atoms with E-state index in [1.807, 2.05) is 0 Å². The minimum absolute atomic E-state index is 0.0666. The van der Waals surface area contributed by atoms with Crippen molar-refractivity contribution in [1.29, 1.82) is 0 Å². The molecule has 0 aromatic carbocycles. The second-order valence-corrected chi connectivity index (χ2v) is 8.01. The van der Waals surface area contributed by atoms with E-state index < -0.39 is 0 Å². The Morgan fingerprint density at radius 2 is 1.00 bits per heavy atom. The van der Waals surface area contributed by atoms with Crippen LogP contribution in [0.15, 0.2) is 5.18 Å². The highest BCUT2D eigenvalue weighted by molar-refractivity contribution is 4.74. The third-order valence-electron chi connectivity index (χ3n) is 5.72. The first-order chi connectivity index (χ1) is 12.3. The quantitative estimate of drug-likeness (QED) is 0.159. The van der Waals surface area contributed by atoms with E-state index in [2.05, 4.69) is 25.9 Å². The molecule has 0 fully saturated rings. The Hall–Kier alpha value is -0.400. The number of nitroso groups, excluding NO2 is 1. The van der Waals surface area contributed by atoms with Gasteiger partial charge in [0.25, 0.3) is 0 Å². The monoisotopic (exact) mass is 353 g/mol. The van der Waals surface area contributed by atoms with Crippen LogP contribution in [0.2, 0.25) is 0 Å². The molecule has 0 aliphatic rings. The summed E-state index contributed by atoms with van der Waals surface area (Å²) >= 11 is 0. The first-order valence-corrected chi connectivity index (χ1v) is 11.6. The van der Waals surface area contributed by atoms with E-state index >= 15 is 0 Å². The topological polar surface area (TPSA) is 29.4 Å². The van der Waals surface area contributed by atoms with Gasteiger partial charge in [-0.2, -0.15) is 4.91 Å². The van der Waals surface area contributed by atoms with Gasteiger partial charge in [0.15, 0.2) is 0 Å². The Morgan fingerprint density at radius 1 is 0.560 bits per heavy atom. The van der Waals surface area contributed by atoms with Gasteiger partial charge >= 0.3 is 0 Å². The van der Waals surface area contributed by atoms with Crippen molar-refractivity contribution < 1.29 is 0 Å². The molecular formula is C23H47NO. The highest BCUT2D eigenvalue weighted by atomic mass is 16.3. The lowest BCUT2D eigenvalue weighted by Gasteiger charge is -2.19. The van der Waals surface area contributed by atoms with E-state index in [9.17, 15) is 4.91 Å². The van der Waals surface area contributed by atoms with E-state index in [1.165, 1.54) is 96.3 Å².